The number of methoxy groups -OCH3 is 2. The number of carbonyl (C=O) groups excluding carboxylic acids is 1. The first kappa shape index (κ1) is 22.2. The SMILES string of the molecule is COC(=O)C[C@@H]1C=CC[C@H](/C=C/CCC[C@H](C)OCc2ccc(OC)cc2)O1. The van der Waals surface area contributed by atoms with Crippen molar-refractivity contribution in [1.82, 2.24) is 0 Å². The van der Waals surface area contributed by atoms with Crippen molar-refractivity contribution in [3.8, 4) is 5.75 Å². The molecule has 0 radical (unpaired) electrons. The summed E-state index contributed by atoms with van der Waals surface area (Å²) in [5.41, 5.74) is 1.15. The Morgan fingerprint density at radius 1 is 1.29 bits per heavy atom. The van der Waals surface area contributed by atoms with E-state index in [0.717, 1.165) is 37.0 Å². The van der Waals surface area contributed by atoms with Crippen LogP contribution in [0.5, 0.6) is 5.75 Å². The standard InChI is InChI=1S/C23H32O5/c1-18(27-17-19-12-14-20(25-2)15-13-19)8-5-4-6-9-21-10-7-11-22(28-21)16-23(24)26-3/h6-7,9,11-15,18,21-22H,4-5,8,10,16-17H2,1-3H3/b9-6+/t18-,21-,22-/m0/s1. The third-order valence-corrected chi connectivity index (χ3v) is 4.69. The van der Waals surface area contributed by atoms with Crippen molar-refractivity contribution >= 4 is 5.97 Å². The van der Waals surface area contributed by atoms with Crippen LogP contribution in [0.3, 0.4) is 0 Å². The number of hydrogen-bond acceptors (Lipinski definition) is 5. The summed E-state index contributed by atoms with van der Waals surface area (Å²) in [6, 6.07) is 7.96. The van der Waals surface area contributed by atoms with E-state index in [1.165, 1.54) is 7.11 Å². The van der Waals surface area contributed by atoms with Gasteiger partial charge in [0.05, 0.1) is 45.6 Å². The van der Waals surface area contributed by atoms with Gasteiger partial charge in [0.2, 0.25) is 0 Å². The summed E-state index contributed by atoms with van der Waals surface area (Å²) in [6.45, 7) is 2.73. The maximum atomic E-state index is 11.4. The first-order valence-electron chi connectivity index (χ1n) is 9.91. The minimum Gasteiger partial charge on any atom is -0.497 e. The highest BCUT2D eigenvalue weighted by atomic mass is 16.5. The minimum absolute atomic E-state index is 0.0309. The van der Waals surface area contributed by atoms with Crippen LogP contribution in [0, 0.1) is 0 Å². The third kappa shape index (κ3) is 8.28. The summed E-state index contributed by atoms with van der Waals surface area (Å²) in [7, 11) is 3.06. The van der Waals surface area contributed by atoms with E-state index in [1.807, 2.05) is 30.3 Å². The van der Waals surface area contributed by atoms with Gasteiger partial charge in [0.15, 0.2) is 0 Å². The molecule has 0 bridgehead atoms. The normalized spacial score (nSPS) is 20.2. The fourth-order valence-electron chi connectivity index (χ4n) is 2.99. The van der Waals surface area contributed by atoms with Crippen LogP contribution >= 0.6 is 0 Å². The predicted octanol–water partition coefficient (Wildman–Crippen LogP) is 4.60. The highest BCUT2D eigenvalue weighted by Crippen LogP contribution is 2.17. The molecule has 0 N–H and O–H groups in total. The second kappa shape index (κ2) is 12.4. The molecule has 0 spiro atoms. The zero-order valence-corrected chi connectivity index (χ0v) is 17.1. The number of hydrogen-bond donors (Lipinski definition) is 0. The van der Waals surface area contributed by atoms with Crippen molar-refractivity contribution in [2.75, 3.05) is 14.2 Å². The molecule has 0 unspecified atom stereocenters. The zero-order valence-electron chi connectivity index (χ0n) is 17.1. The van der Waals surface area contributed by atoms with E-state index in [9.17, 15) is 4.79 Å². The predicted molar refractivity (Wildman–Crippen MR) is 109 cm³/mol. The lowest BCUT2D eigenvalue weighted by molar-refractivity contribution is -0.143. The average molecular weight is 389 g/mol. The molecule has 1 aliphatic rings. The molecule has 2 rings (SSSR count). The topological polar surface area (TPSA) is 54.0 Å². The number of unbranched alkanes of at least 4 members (excludes halogenated alkanes) is 1. The first-order valence-corrected chi connectivity index (χ1v) is 9.91. The molecule has 28 heavy (non-hydrogen) atoms. The highest BCUT2D eigenvalue weighted by Gasteiger charge is 2.19. The second-order valence-corrected chi connectivity index (χ2v) is 6.99. The molecule has 1 heterocycles. The van der Waals surface area contributed by atoms with Crippen LogP contribution in [0.4, 0.5) is 0 Å². The molecule has 1 aromatic carbocycles. The van der Waals surface area contributed by atoms with Crippen LogP contribution < -0.4 is 4.74 Å². The summed E-state index contributed by atoms with van der Waals surface area (Å²) in [6.07, 6.45) is 12.5. The number of ether oxygens (including phenoxy) is 4. The van der Waals surface area contributed by atoms with Gasteiger partial charge in [-0.05, 0) is 50.3 Å². The van der Waals surface area contributed by atoms with Gasteiger partial charge in [0.1, 0.15) is 5.75 Å². The number of benzene rings is 1. The maximum absolute atomic E-state index is 11.4. The zero-order chi connectivity index (χ0) is 20.2. The Kier molecular flexibility index (Phi) is 9.80. The number of esters is 1. The molecule has 5 heteroatoms. The van der Waals surface area contributed by atoms with Gasteiger partial charge in [-0.25, -0.2) is 0 Å². The van der Waals surface area contributed by atoms with Gasteiger partial charge in [-0.1, -0.05) is 36.4 Å². The van der Waals surface area contributed by atoms with Crippen molar-refractivity contribution in [1.29, 1.82) is 0 Å². The van der Waals surface area contributed by atoms with Crippen molar-refractivity contribution in [2.45, 2.75) is 63.9 Å². The van der Waals surface area contributed by atoms with E-state index in [4.69, 9.17) is 18.9 Å². The van der Waals surface area contributed by atoms with Gasteiger partial charge in [-0.3, -0.25) is 4.79 Å². The van der Waals surface area contributed by atoms with Crippen LogP contribution in [0.1, 0.15) is 44.6 Å². The summed E-state index contributed by atoms with van der Waals surface area (Å²) < 4.78 is 21.7. The monoisotopic (exact) mass is 388 g/mol. The number of allylic oxidation sites excluding steroid dienone is 1. The highest BCUT2D eigenvalue weighted by molar-refractivity contribution is 5.70. The van der Waals surface area contributed by atoms with Gasteiger partial charge in [-0.2, -0.15) is 0 Å². The van der Waals surface area contributed by atoms with Crippen molar-refractivity contribution in [3.63, 3.8) is 0 Å². The molecule has 0 aliphatic carbocycles. The van der Waals surface area contributed by atoms with E-state index in [2.05, 4.69) is 25.2 Å². The molecule has 0 saturated carbocycles. The van der Waals surface area contributed by atoms with Crippen LogP contribution in [0.25, 0.3) is 0 Å². The van der Waals surface area contributed by atoms with Crippen LogP contribution in [-0.4, -0.2) is 38.5 Å². The van der Waals surface area contributed by atoms with E-state index in [0.29, 0.717) is 6.61 Å². The molecule has 5 nitrogen and oxygen atoms in total. The molecule has 1 aromatic rings. The second-order valence-electron chi connectivity index (χ2n) is 6.99. The smallest absolute Gasteiger partial charge is 0.308 e. The lowest BCUT2D eigenvalue weighted by Crippen LogP contribution is -2.25. The lowest BCUT2D eigenvalue weighted by atomic mass is 10.1. The molecule has 0 fully saturated rings. The van der Waals surface area contributed by atoms with Gasteiger partial charge in [-0.15, -0.1) is 0 Å². The quantitative estimate of drug-likeness (QED) is 0.315. The largest absolute Gasteiger partial charge is 0.497 e. The number of carbonyl (C=O) groups is 1. The molecule has 0 saturated heterocycles. The Morgan fingerprint density at radius 3 is 2.79 bits per heavy atom. The fraction of sp³-hybridized carbons (Fsp3) is 0.522. The van der Waals surface area contributed by atoms with Crippen LogP contribution in [0.2, 0.25) is 0 Å². The Morgan fingerprint density at radius 2 is 2.07 bits per heavy atom. The molecule has 0 amide bonds. The van der Waals surface area contributed by atoms with Crippen LogP contribution in [0.15, 0.2) is 48.6 Å². The van der Waals surface area contributed by atoms with Gasteiger partial charge < -0.3 is 18.9 Å². The Bertz CT molecular complexity index is 635. The Hall–Kier alpha value is -2.11. The van der Waals surface area contributed by atoms with Gasteiger partial charge in [0.25, 0.3) is 0 Å². The molecular weight excluding hydrogens is 356 g/mol. The summed E-state index contributed by atoms with van der Waals surface area (Å²) in [5.74, 6) is 0.612. The van der Waals surface area contributed by atoms with Crippen molar-refractivity contribution in [3.05, 3.63) is 54.1 Å². The lowest BCUT2D eigenvalue weighted by Gasteiger charge is -2.23. The third-order valence-electron chi connectivity index (χ3n) is 4.69. The van der Waals surface area contributed by atoms with Gasteiger partial charge >= 0.3 is 5.97 Å². The van der Waals surface area contributed by atoms with E-state index < -0.39 is 0 Å². The molecule has 1 aliphatic heterocycles. The summed E-state index contributed by atoms with van der Waals surface area (Å²) in [4.78, 5) is 11.4. The maximum Gasteiger partial charge on any atom is 0.308 e. The van der Waals surface area contributed by atoms with E-state index >= 15 is 0 Å². The first-order chi connectivity index (χ1) is 13.6. The van der Waals surface area contributed by atoms with Crippen molar-refractivity contribution in [2.24, 2.45) is 0 Å². The van der Waals surface area contributed by atoms with Gasteiger partial charge in [0, 0.05) is 0 Å². The minimum atomic E-state index is -0.247. The summed E-state index contributed by atoms with van der Waals surface area (Å²) in [5, 5.41) is 0. The Labute approximate surface area is 168 Å². The average Bonchev–Trinajstić information content (AvgIpc) is 2.72. The Balaban J connectivity index is 1.59. The van der Waals surface area contributed by atoms with E-state index in [-0.39, 0.29) is 30.7 Å². The van der Waals surface area contributed by atoms with Crippen molar-refractivity contribution < 1.29 is 23.7 Å². The molecule has 3 atom stereocenters. The number of rotatable bonds is 11. The molecule has 0 aromatic heterocycles. The van der Waals surface area contributed by atoms with Crippen LogP contribution in [-0.2, 0) is 25.6 Å². The summed E-state index contributed by atoms with van der Waals surface area (Å²) >= 11 is 0. The fourth-order valence-corrected chi connectivity index (χ4v) is 2.99. The molecule has 154 valence electrons. The van der Waals surface area contributed by atoms with E-state index in [1.54, 1.807) is 7.11 Å². The molecular formula is C23H32O5.